The van der Waals surface area contributed by atoms with Gasteiger partial charge in [0.15, 0.2) is 0 Å². The van der Waals surface area contributed by atoms with Crippen LogP contribution in [-0.4, -0.2) is 30.4 Å². The van der Waals surface area contributed by atoms with E-state index in [2.05, 4.69) is 0 Å². The smallest absolute Gasteiger partial charge is 0.255 e. The Morgan fingerprint density at radius 1 is 1.47 bits per heavy atom. The van der Waals surface area contributed by atoms with Crippen LogP contribution in [0.5, 0.6) is 0 Å². The number of nitrogens with two attached hydrogens (primary N) is 1. The molecular weight excluding hydrogens is 212 g/mol. The molecule has 15 heavy (non-hydrogen) atoms. The highest BCUT2D eigenvalue weighted by Crippen LogP contribution is 2.16. The van der Waals surface area contributed by atoms with Crippen LogP contribution in [0.1, 0.15) is 17.3 Å². The maximum absolute atomic E-state index is 12.0. The third kappa shape index (κ3) is 2.94. The fourth-order valence-electron chi connectivity index (χ4n) is 1.36. The molecule has 0 bridgehead atoms. The van der Waals surface area contributed by atoms with Gasteiger partial charge in [0.1, 0.15) is 0 Å². The van der Waals surface area contributed by atoms with Crippen molar-refractivity contribution in [3.63, 3.8) is 0 Å². The molecule has 0 saturated carbocycles. The number of nitrogens with zero attached hydrogens (tertiary/aromatic N) is 1. The first-order chi connectivity index (χ1) is 7.20. The number of hydrogen-bond donors (Lipinski definition) is 1. The van der Waals surface area contributed by atoms with Crippen LogP contribution in [0.3, 0.4) is 0 Å². The lowest BCUT2D eigenvalue weighted by atomic mass is 10.2. The van der Waals surface area contributed by atoms with Crippen molar-refractivity contribution in [1.82, 2.24) is 4.90 Å². The summed E-state index contributed by atoms with van der Waals surface area (Å²) in [6, 6.07) is 7.04. The van der Waals surface area contributed by atoms with Crippen molar-refractivity contribution in [3.8, 4) is 0 Å². The van der Waals surface area contributed by atoms with E-state index in [9.17, 15) is 4.79 Å². The fourth-order valence-corrected chi connectivity index (χ4v) is 1.58. The van der Waals surface area contributed by atoms with E-state index in [1.54, 1.807) is 29.2 Å². The van der Waals surface area contributed by atoms with Gasteiger partial charge in [0.25, 0.3) is 5.91 Å². The van der Waals surface area contributed by atoms with Crippen LogP contribution >= 0.6 is 11.6 Å². The number of benzene rings is 1. The van der Waals surface area contributed by atoms with Crippen LogP contribution < -0.4 is 5.73 Å². The van der Waals surface area contributed by atoms with E-state index in [0.29, 0.717) is 30.2 Å². The molecule has 3 nitrogen and oxygen atoms in total. The van der Waals surface area contributed by atoms with Gasteiger partial charge in [-0.05, 0) is 19.1 Å². The molecule has 2 N–H and O–H groups in total. The van der Waals surface area contributed by atoms with Gasteiger partial charge in [-0.15, -0.1) is 0 Å². The molecule has 0 aliphatic rings. The minimum atomic E-state index is -0.0615. The van der Waals surface area contributed by atoms with E-state index in [0.717, 1.165) is 0 Å². The zero-order valence-electron chi connectivity index (χ0n) is 8.74. The van der Waals surface area contributed by atoms with Crippen molar-refractivity contribution in [2.45, 2.75) is 6.92 Å². The van der Waals surface area contributed by atoms with Crippen molar-refractivity contribution in [2.75, 3.05) is 19.6 Å². The van der Waals surface area contributed by atoms with Gasteiger partial charge in [-0.25, -0.2) is 0 Å². The number of hydrogen-bond acceptors (Lipinski definition) is 2. The van der Waals surface area contributed by atoms with Gasteiger partial charge in [0.2, 0.25) is 0 Å². The second-order valence-electron chi connectivity index (χ2n) is 3.15. The maximum Gasteiger partial charge on any atom is 0.255 e. The number of halogens is 1. The molecule has 1 rings (SSSR count). The van der Waals surface area contributed by atoms with E-state index in [1.807, 2.05) is 6.92 Å². The van der Waals surface area contributed by atoms with Gasteiger partial charge in [0, 0.05) is 19.6 Å². The highest BCUT2D eigenvalue weighted by molar-refractivity contribution is 6.33. The van der Waals surface area contributed by atoms with Crippen LogP contribution in [0.25, 0.3) is 0 Å². The molecule has 0 atom stereocenters. The summed E-state index contributed by atoms with van der Waals surface area (Å²) in [6.45, 7) is 3.58. The molecule has 0 saturated heterocycles. The predicted octanol–water partition coefficient (Wildman–Crippen LogP) is 1.76. The fraction of sp³-hybridized carbons (Fsp3) is 0.364. The molecule has 0 spiro atoms. The molecule has 82 valence electrons. The largest absolute Gasteiger partial charge is 0.338 e. The molecule has 0 fully saturated rings. The Labute approximate surface area is 94.8 Å². The van der Waals surface area contributed by atoms with E-state index in [1.165, 1.54) is 0 Å². The number of carbonyl (C=O) groups excluding carboxylic acids is 1. The molecule has 1 aromatic rings. The van der Waals surface area contributed by atoms with E-state index < -0.39 is 0 Å². The quantitative estimate of drug-likeness (QED) is 0.851. The van der Waals surface area contributed by atoms with E-state index in [4.69, 9.17) is 17.3 Å². The van der Waals surface area contributed by atoms with Gasteiger partial charge < -0.3 is 10.6 Å². The monoisotopic (exact) mass is 226 g/mol. The molecule has 0 radical (unpaired) electrons. The molecular formula is C11H15ClN2O. The van der Waals surface area contributed by atoms with Crippen molar-refractivity contribution >= 4 is 17.5 Å². The Balaban J connectivity index is 2.88. The maximum atomic E-state index is 12.0. The molecule has 1 aromatic carbocycles. The summed E-state index contributed by atoms with van der Waals surface area (Å²) < 4.78 is 0. The first kappa shape index (κ1) is 12.0. The van der Waals surface area contributed by atoms with Crippen molar-refractivity contribution in [1.29, 1.82) is 0 Å². The van der Waals surface area contributed by atoms with Crippen LogP contribution in [-0.2, 0) is 0 Å². The Bertz CT molecular complexity index is 341. The summed E-state index contributed by atoms with van der Waals surface area (Å²) in [4.78, 5) is 13.7. The summed E-state index contributed by atoms with van der Waals surface area (Å²) in [6.07, 6.45) is 0. The van der Waals surface area contributed by atoms with Gasteiger partial charge in [-0.2, -0.15) is 0 Å². The van der Waals surface area contributed by atoms with Crippen molar-refractivity contribution in [2.24, 2.45) is 5.73 Å². The zero-order valence-corrected chi connectivity index (χ0v) is 9.50. The van der Waals surface area contributed by atoms with Gasteiger partial charge in [-0.3, -0.25) is 4.79 Å². The minimum absolute atomic E-state index is 0.0615. The number of carbonyl (C=O) groups is 1. The van der Waals surface area contributed by atoms with Crippen molar-refractivity contribution in [3.05, 3.63) is 34.9 Å². The summed E-state index contributed by atoms with van der Waals surface area (Å²) in [5.74, 6) is -0.0615. The zero-order chi connectivity index (χ0) is 11.3. The lowest BCUT2D eigenvalue weighted by Gasteiger charge is -2.20. The second-order valence-corrected chi connectivity index (χ2v) is 3.56. The molecule has 0 aliphatic heterocycles. The molecule has 0 aromatic heterocycles. The Morgan fingerprint density at radius 3 is 2.67 bits per heavy atom. The average Bonchev–Trinajstić information content (AvgIpc) is 2.25. The Hall–Kier alpha value is -1.06. The molecule has 1 amide bonds. The Morgan fingerprint density at radius 2 is 2.13 bits per heavy atom. The molecule has 0 heterocycles. The third-order valence-corrected chi connectivity index (χ3v) is 2.50. The van der Waals surface area contributed by atoms with Gasteiger partial charge in [-0.1, -0.05) is 23.7 Å². The van der Waals surface area contributed by atoms with E-state index in [-0.39, 0.29) is 5.91 Å². The highest BCUT2D eigenvalue weighted by atomic mass is 35.5. The topological polar surface area (TPSA) is 46.3 Å². The van der Waals surface area contributed by atoms with Gasteiger partial charge in [0.05, 0.1) is 10.6 Å². The standard InChI is InChI=1S/C11H15ClN2O/c1-2-14(8-7-13)11(15)9-5-3-4-6-10(9)12/h3-6H,2,7-8,13H2,1H3. The lowest BCUT2D eigenvalue weighted by Crippen LogP contribution is -2.35. The summed E-state index contributed by atoms with van der Waals surface area (Å²) >= 11 is 5.94. The molecule has 0 aliphatic carbocycles. The number of likely N-dealkylation sites (N-methyl/N-ethyl adjacent to an activating group) is 1. The normalized spacial score (nSPS) is 10.1. The van der Waals surface area contributed by atoms with Crippen LogP contribution in [0.4, 0.5) is 0 Å². The van der Waals surface area contributed by atoms with Crippen LogP contribution in [0.15, 0.2) is 24.3 Å². The average molecular weight is 227 g/mol. The second kappa shape index (κ2) is 5.73. The van der Waals surface area contributed by atoms with Gasteiger partial charge >= 0.3 is 0 Å². The SMILES string of the molecule is CCN(CCN)C(=O)c1ccccc1Cl. The summed E-state index contributed by atoms with van der Waals surface area (Å²) in [7, 11) is 0. The van der Waals surface area contributed by atoms with Crippen LogP contribution in [0, 0.1) is 0 Å². The first-order valence-electron chi connectivity index (χ1n) is 4.94. The highest BCUT2D eigenvalue weighted by Gasteiger charge is 2.15. The first-order valence-corrected chi connectivity index (χ1v) is 5.32. The predicted molar refractivity (Wildman–Crippen MR) is 62.1 cm³/mol. The Kier molecular flexibility index (Phi) is 4.59. The van der Waals surface area contributed by atoms with Crippen LogP contribution in [0.2, 0.25) is 5.02 Å². The van der Waals surface area contributed by atoms with E-state index >= 15 is 0 Å². The summed E-state index contributed by atoms with van der Waals surface area (Å²) in [5, 5.41) is 0.484. The molecule has 4 heteroatoms. The lowest BCUT2D eigenvalue weighted by molar-refractivity contribution is 0.0769. The number of amides is 1. The third-order valence-electron chi connectivity index (χ3n) is 2.17. The van der Waals surface area contributed by atoms with Crippen molar-refractivity contribution < 1.29 is 4.79 Å². The molecule has 0 unspecified atom stereocenters. The summed E-state index contributed by atoms with van der Waals surface area (Å²) in [5.41, 5.74) is 5.97. The minimum Gasteiger partial charge on any atom is -0.338 e. The number of rotatable bonds is 4.